The van der Waals surface area contributed by atoms with E-state index in [0.717, 1.165) is 22.3 Å². The summed E-state index contributed by atoms with van der Waals surface area (Å²) in [6, 6.07) is 7.82. The van der Waals surface area contributed by atoms with Gasteiger partial charge in [-0.25, -0.2) is 0 Å². The lowest BCUT2D eigenvalue weighted by atomic mass is 9.76. The van der Waals surface area contributed by atoms with Gasteiger partial charge in [-0.15, -0.1) is 0 Å². The molecule has 0 radical (unpaired) electrons. The number of methoxy groups -OCH3 is 4. The van der Waals surface area contributed by atoms with E-state index in [1.165, 1.54) is 7.11 Å². The third kappa shape index (κ3) is 3.43. The highest BCUT2D eigenvalue weighted by molar-refractivity contribution is 5.83. The Morgan fingerprint density at radius 1 is 1.00 bits per heavy atom. The van der Waals surface area contributed by atoms with Crippen LogP contribution in [-0.4, -0.2) is 47.8 Å². The monoisotopic (exact) mass is 414 g/mol. The van der Waals surface area contributed by atoms with Crippen LogP contribution in [0.3, 0.4) is 0 Å². The van der Waals surface area contributed by atoms with Crippen LogP contribution >= 0.6 is 0 Å². The van der Waals surface area contributed by atoms with Crippen LogP contribution in [0.4, 0.5) is 0 Å². The summed E-state index contributed by atoms with van der Waals surface area (Å²) in [5.74, 6) is 1.99. The van der Waals surface area contributed by atoms with E-state index >= 15 is 0 Å². The van der Waals surface area contributed by atoms with Crippen molar-refractivity contribution >= 4 is 5.97 Å². The van der Waals surface area contributed by atoms with Gasteiger partial charge in [-0.3, -0.25) is 4.79 Å². The van der Waals surface area contributed by atoms with Gasteiger partial charge in [0.15, 0.2) is 23.0 Å². The highest BCUT2D eigenvalue weighted by Gasteiger charge is 2.35. The second kappa shape index (κ2) is 8.44. The molecule has 0 unspecified atom stereocenters. The molecule has 0 saturated heterocycles. The van der Waals surface area contributed by atoms with E-state index in [-0.39, 0.29) is 24.6 Å². The van der Waals surface area contributed by atoms with Crippen LogP contribution in [0.25, 0.3) is 11.1 Å². The first-order valence-corrected chi connectivity index (χ1v) is 9.84. The molecule has 2 aliphatic rings. The summed E-state index contributed by atoms with van der Waals surface area (Å²) in [6.45, 7) is 0.628. The van der Waals surface area contributed by atoms with Gasteiger partial charge in [0.1, 0.15) is 0 Å². The standard InChI is InChI=1S/C23H26O7/c1-25-11-15-7-14-9-19-20(30-12-29-19)10-16(14)21-13(8-17(15)23(24)28-4)5-6-18(26-2)22(21)27-3/h5-6,9-10,15,17H,7-8,11-12H2,1-4H3/t15-,17-/m0/s1. The van der Waals surface area contributed by atoms with Crippen molar-refractivity contribution < 1.29 is 33.2 Å². The molecular weight excluding hydrogens is 388 g/mol. The Morgan fingerprint density at radius 2 is 1.77 bits per heavy atom. The Bertz CT molecular complexity index is 953. The Balaban J connectivity index is 1.97. The number of hydrogen-bond donors (Lipinski definition) is 0. The van der Waals surface area contributed by atoms with Gasteiger partial charge in [0.05, 0.1) is 33.9 Å². The van der Waals surface area contributed by atoms with Crippen LogP contribution in [0, 0.1) is 11.8 Å². The highest BCUT2D eigenvalue weighted by Crippen LogP contribution is 2.48. The SMILES string of the molecule is COC[C@@H]1Cc2cc3c(cc2-c2c(ccc(OC)c2OC)C[C@@H]1C(=O)OC)OCO3. The number of carbonyl (C=O) groups excluding carboxylic acids is 1. The molecule has 0 aromatic heterocycles. The number of fused-ring (bicyclic) bond motifs is 4. The summed E-state index contributed by atoms with van der Waals surface area (Å²) in [7, 11) is 6.30. The molecule has 30 heavy (non-hydrogen) atoms. The van der Waals surface area contributed by atoms with E-state index in [9.17, 15) is 4.79 Å². The summed E-state index contributed by atoms with van der Waals surface area (Å²) < 4.78 is 33.2. The second-order valence-corrected chi connectivity index (χ2v) is 7.45. The van der Waals surface area contributed by atoms with Crippen LogP contribution < -0.4 is 18.9 Å². The van der Waals surface area contributed by atoms with Crippen molar-refractivity contribution in [3.63, 3.8) is 0 Å². The molecule has 1 heterocycles. The largest absolute Gasteiger partial charge is 0.493 e. The zero-order valence-electron chi connectivity index (χ0n) is 17.7. The number of hydrogen-bond acceptors (Lipinski definition) is 7. The first-order chi connectivity index (χ1) is 14.6. The van der Waals surface area contributed by atoms with Gasteiger partial charge in [0.25, 0.3) is 0 Å². The summed E-state index contributed by atoms with van der Waals surface area (Å²) in [4.78, 5) is 12.7. The van der Waals surface area contributed by atoms with Gasteiger partial charge in [0.2, 0.25) is 6.79 Å². The first-order valence-electron chi connectivity index (χ1n) is 9.84. The summed E-state index contributed by atoms with van der Waals surface area (Å²) in [5, 5.41) is 0. The maximum atomic E-state index is 12.7. The van der Waals surface area contributed by atoms with E-state index in [0.29, 0.717) is 42.4 Å². The fourth-order valence-electron chi connectivity index (χ4n) is 4.46. The molecule has 1 aliphatic carbocycles. The molecule has 0 N–H and O–H groups in total. The maximum absolute atomic E-state index is 12.7. The fourth-order valence-corrected chi connectivity index (χ4v) is 4.46. The van der Waals surface area contributed by atoms with E-state index in [1.54, 1.807) is 21.3 Å². The third-order valence-corrected chi connectivity index (χ3v) is 5.88. The minimum atomic E-state index is -0.356. The van der Waals surface area contributed by atoms with Crippen LogP contribution in [0.2, 0.25) is 0 Å². The molecule has 0 fully saturated rings. The molecule has 4 rings (SSSR count). The molecule has 0 spiro atoms. The average Bonchev–Trinajstić information content (AvgIpc) is 3.21. The molecule has 0 bridgehead atoms. The van der Waals surface area contributed by atoms with Crippen molar-refractivity contribution in [2.24, 2.45) is 11.8 Å². The van der Waals surface area contributed by atoms with Gasteiger partial charge in [0, 0.05) is 12.7 Å². The van der Waals surface area contributed by atoms with Gasteiger partial charge in [-0.2, -0.15) is 0 Å². The van der Waals surface area contributed by atoms with Crippen LogP contribution in [0.5, 0.6) is 23.0 Å². The quantitative estimate of drug-likeness (QED) is 0.696. The van der Waals surface area contributed by atoms with Gasteiger partial charge >= 0.3 is 5.97 Å². The van der Waals surface area contributed by atoms with Crippen LogP contribution in [0.1, 0.15) is 11.1 Å². The number of carbonyl (C=O) groups is 1. The Morgan fingerprint density at radius 3 is 2.43 bits per heavy atom. The zero-order valence-corrected chi connectivity index (χ0v) is 17.7. The smallest absolute Gasteiger partial charge is 0.309 e. The third-order valence-electron chi connectivity index (χ3n) is 5.88. The molecule has 1 aliphatic heterocycles. The van der Waals surface area contributed by atoms with Crippen LogP contribution in [-0.2, 0) is 27.1 Å². The van der Waals surface area contributed by atoms with Crippen molar-refractivity contribution in [3.8, 4) is 34.1 Å². The first kappa shape index (κ1) is 20.3. The Kier molecular flexibility index (Phi) is 5.72. The molecule has 7 heteroatoms. The van der Waals surface area contributed by atoms with E-state index in [4.69, 9.17) is 28.4 Å². The van der Waals surface area contributed by atoms with E-state index in [2.05, 4.69) is 0 Å². The summed E-state index contributed by atoms with van der Waals surface area (Å²) in [5.41, 5.74) is 3.89. The predicted molar refractivity (Wildman–Crippen MR) is 109 cm³/mol. The predicted octanol–water partition coefficient (Wildman–Crippen LogP) is 3.25. The number of benzene rings is 2. The number of ether oxygens (including phenoxy) is 6. The molecule has 2 aromatic rings. The molecule has 0 saturated carbocycles. The van der Waals surface area contributed by atoms with Crippen molar-refractivity contribution in [3.05, 3.63) is 35.4 Å². The van der Waals surface area contributed by atoms with Gasteiger partial charge in [-0.05, 0) is 53.6 Å². The minimum absolute atomic E-state index is 0.0529. The average molecular weight is 414 g/mol. The molecule has 2 atom stereocenters. The van der Waals surface area contributed by atoms with Crippen molar-refractivity contribution in [2.45, 2.75) is 12.8 Å². The molecule has 160 valence electrons. The molecule has 2 aromatic carbocycles. The van der Waals surface area contributed by atoms with E-state index < -0.39 is 0 Å². The molecular formula is C23H26O7. The Labute approximate surface area is 175 Å². The lowest BCUT2D eigenvalue weighted by molar-refractivity contribution is -0.148. The summed E-state index contributed by atoms with van der Waals surface area (Å²) >= 11 is 0. The lowest BCUT2D eigenvalue weighted by Crippen LogP contribution is -2.32. The fraction of sp³-hybridized carbons (Fsp3) is 0.435. The minimum Gasteiger partial charge on any atom is -0.493 e. The number of rotatable bonds is 5. The molecule has 0 amide bonds. The van der Waals surface area contributed by atoms with Crippen LogP contribution in [0.15, 0.2) is 24.3 Å². The Hall–Kier alpha value is -2.93. The number of esters is 1. The molecule has 7 nitrogen and oxygen atoms in total. The van der Waals surface area contributed by atoms with Crippen molar-refractivity contribution in [1.82, 2.24) is 0 Å². The zero-order chi connectivity index (χ0) is 21.3. The topological polar surface area (TPSA) is 72.5 Å². The van der Waals surface area contributed by atoms with Gasteiger partial charge < -0.3 is 28.4 Å². The van der Waals surface area contributed by atoms with Crippen molar-refractivity contribution in [1.29, 1.82) is 0 Å². The lowest BCUT2D eigenvalue weighted by Gasteiger charge is -2.30. The maximum Gasteiger partial charge on any atom is 0.309 e. The normalized spacial score (nSPS) is 19.2. The van der Waals surface area contributed by atoms with Gasteiger partial charge in [-0.1, -0.05) is 6.07 Å². The van der Waals surface area contributed by atoms with Crippen molar-refractivity contribution in [2.75, 3.05) is 41.8 Å². The second-order valence-electron chi connectivity index (χ2n) is 7.45. The highest BCUT2D eigenvalue weighted by atomic mass is 16.7. The van der Waals surface area contributed by atoms with E-state index in [1.807, 2.05) is 24.3 Å². The summed E-state index contributed by atoms with van der Waals surface area (Å²) in [6.07, 6.45) is 1.13.